The Bertz CT molecular complexity index is 1020. The van der Waals surface area contributed by atoms with Crippen LogP contribution in [-0.4, -0.2) is 58.1 Å². The van der Waals surface area contributed by atoms with Crippen LogP contribution in [0.5, 0.6) is 0 Å². The molecule has 0 spiro atoms. The largest absolute Gasteiger partial charge is 0.411 e. The number of benzene rings is 2. The fourth-order valence-electron chi connectivity index (χ4n) is 5.46. The lowest BCUT2D eigenvalue weighted by Crippen LogP contribution is -2.69. The molecule has 0 radical (unpaired) electrons. The third kappa shape index (κ3) is 7.35. The van der Waals surface area contributed by atoms with Crippen LogP contribution in [0.1, 0.15) is 81.1 Å². The van der Waals surface area contributed by atoms with Crippen LogP contribution in [0.25, 0.3) is 0 Å². The summed E-state index contributed by atoms with van der Waals surface area (Å²) in [6, 6.07) is 20.8. The smallest absolute Gasteiger partial charge is 0.407 e. The van der Waals surface area contributed by atoms with Crippen LogP contribution in [0.3, 0.4) is 0 Å². The van der Waals surface area contributed by atoms with E-state index in [2.05, 4.69) is 117 Å². The van der Waals surface area contributed by atoms with Gasteiger partial charge in [0.1, 0.15) is 0 Å². The third-order valence-corrected chi connectivity index (χ3v) is 17.3. The zero-order valence-electron chi connectivity index (χ0n) is 26.6. The molecule has 1 N–H and O–H groups in total. The standard InChI is InChI=1S/C33H54O5Si2/c1-26(2)36-40(28-18-13-11-14-19-28,29-20-15-12-16-21-29)38-33(8,23-17-25-34)30-22-24-32(7,35-30)27(3)37-39(9,10)31(4,5)6/h11-16,18-21,26-27,30,34H,17,22-25H2,1-10H3/t27-,30-,32+,33+/m1/s1. The van der Waals surface area contributed by atoms with Crippen LogP contribution in [-0.2, 0) is 18.0 Å². The number of hydrogen-bond acceptors (Lipinski definition) is 5. The summed E-state index contributed by atoms with van der Waals surface area (Å²) in [7, 11) is -5.16. The Morgan fingerprint density at radius 1 is 0.925 bits per heavy atom. The number of hydrogen-bond donors (Lipinski definition) is 1. The van der Waals surface area contributed by atoms with Gasteiger partial charge in [0.2, 0.25) is 0 Å². The second kappa shape index (κ2) is 12.9. The number of ether oxygens (including phenoxy) is 1. The summed E-state index contributed by atoms with van der Waals surface area (Å²) >= 11 is 0. The molecular formula is C33H54O5Si2. The van der Waals surface area contributed by atoms with Gasteiger partial charge in [0, 0.05) is 12.7 Å². The fourth-order valence-corrected chi connectivity index (χ4v) is 10.7. The molecule has 1 aliphatic heterocycles. The summed E-state index contributed by atoms with van der Waals surface area (Å²) in [6.07, 6.45) is 2.79. The van der Waals surface area contributed by atoms with E-state index in [9.17, 15) is 5.11 Å². The van der Waals surface area contributed by atoms with Crippen molar-refractivity contribution in [1.29, 1.82) is 0 Å². The van der Waals surface area contributed by atoms with Gasteiger partial charge in [0.05, 0.1) is 23.4 Å². The average Bonchev–Trinajstić information content (AvgIpc) is 3.31. The zero-order valence-corrected chi connectivity index (χ0v) is 28.6. The van der Waals surface area contributed by atoms with Gasteiger partial charge in [-0.2, -0.15) is 0 Å². The third-order valence-electron chi connectivity index (χ3n) is 9.05. The average molecular weight is 587 g/mol. The minimum absolute atomic E-state index is 0.0399. The normalized spacial score (nSPS) is 22.9. The lowest BCUT2D eigenvalue weighted by molar-refractivity contribution is -0.152. The molecular weight excluding hydrogens is 533 g/mol. The van der Waals surface area contributed by atoms with Gasteiger partial charge in [0.15, 0.2) is 8.32 Å². The molecule has 0 aliphatic carbocycles. The lowest BCUT2D eigenvalue weighted by atomic mass is 9.90. The van der Waals surface area contributed by atoms with E-state index >= 15 is 0 Å². The zero-order chi connectivity index (χ0) is 29.8. The van der Waals surface area contributed by atoms with Crippen molar-refractivity contribution in [3.8, 4) is 0 Å². The van der Waals surface area contributed by atoms with Crippen molar-refractivity contribution in [3.05, 3.63) is 60.7 Å². The van der Waals surface area contributed by atoms with Crippen LogP contribution < -0.4 is 10.4 Å². The Morgan fingerprint density at radius 2 is 1.45 bits per heavy atom. The van der Waals surface area contributed by atoms with Crippen molar-refractivity contribution in [2.24, 2.45) is 0 Å². The summed E-state index contributed by atoms with van der Waals surface area (Å²) in [5.74, 6) is 0. The van der Waals surface area contributed by atoms with E-state index in [0.29, 0.717) is 12.8 Å². The van der Waals surface area contributed by atoms with Crippen molar-refractivity contribution >= 4 is 27.3 Å². The molecule has 5 nitrogen and oxygen atoms in total. The molecule has 0 bridgehead atoms. The highest BCUT2D eigenvalue weighted by molar-refractivity contribution is 6.92. The van der Waals surface area contributed by atoms with Gasteiger partial charge in [-0.1, -0.05) is 81.4 Å². The quantitative estimate of drug-likeness (QED) is 0.269. The Balaban J connectivity index is 2.03. The van der Waals surface area contributed by atoms with Crippen LogP contribution in [0.4, 0.5) is 0 Å². The predicted octanol–water partition coefficient (Wildman–Crippen LogP) is 6.56. The molecule has 1 heterocycles. The molecule has 3 rings (SSSR count). The van der Waals surface area contributed by atoms with Gasteiger partial charge in [0.25, 0.3) is 0 Å². The first-order chi connectivity index (χ1) is 18.6. The second-order valence-corrected chi connectivity index (χ2v) is 21.3. The molecule has 0 aromatic heterocycles. The molecule has 2 aromatic carbocycles. The maximum absolute atomic E-state index is 9.91. The predicted molar refractivity (Wildman–Crippen MR) is 170 cm³/mol. The van der Waals surface area contributed by atoms with Crippen molar-refractivity contribution in [1.82, 2.24) is 0 Å². The van der Waals surface area contributed by atoms with E-state index in [1.54, 1.807) is 0 Å². The Labute approximate surface area is 246 Å². The lowest BCUT2D eigenvalue weighted by Gasteiger charge is -2.46. The Hall–Kier alpha value is -1.33. The van der Waals surface area contributed by atoms with Crippen LogP contribution in [0.2, 0.25) is 18.1 Å². The van der Waals surface area contributed by atoms with E-state index in [-0.39, 0.29) is 30.0 Å². The molecule has 0 amide bonds. The monoisotopic (exact) mass is 586 g/mol. The fraction of sp³-hybridized carbons (Fsp3) is 0.636. The highest BCUT2D eigenvalue weighted by Crippen LogP contribution is 2.45. The summed E-state index contributed by atoms with van der Waals surface area (Å²) < 4.78 is 28.3. The molecule has 0 unspecified atom stereocenters. The minimum Gasteiger partial charge on any atom is -0.411 e. The van der Waals surface area contributed by atoms with Gasteiger partial charge in [-0.3, -0.25) is 0 Å². The van der Waals surface area contributed by atoms with E-state index in [1.807, 2.05) is 12.1 Å². The van der Waals surface area contributed by atoms with Gasteiger partial charge >= 0.3 is 8.56 Å². The SMILES string of the molecule is CC(C)O[Si](O[C@@](C)(CCCO)[C@H]1CC[C@@](C)([C@@H](C)O[Si](C)(C)C(C)(C)C)O1)(c1ccccc1)c1ccccc1. The maximum Gasteiger partial charge on any atom is 0.407 e. The molecule has 7 heteroatoms. The number of aliphatic hydroxyl groups excluding tert-OH is 1. The summed E-state index contributed by atoms with van der Waals surface area (Å²) in [6.45, 7) is 22.2. The molecule has 224 valence electrons. The van der Waals surface area contributed by atoms with Gasteiger partial charge in [-0.25, -0.2) is 0 Å². The molecule has 1 fully saturated rings. The van der Waals surface area contributed by atoms with Crippen molar-refractivity contribution < 1.29 is 23.1 Å². The highest BCUT2D eigenvalue weighted by Gasteiger charge is 2.55. The van der Waals surface area contributed by atoms with Gasteiger partial charge < -0.3 is 23.1 Å². The molecule has 40 heavy (non-hydrogen) atoms. The highest BCUT2D eigenvalue weighted by atomic mass is 28.4. The first kappa shape index (κ1) is 33.2. The van der Waals surface area contributed by atoms with E-state index in [0.717, 1.165) is 23.2 Å². The molecule has 0 saturated carbocycles. The number of rotatable bonds is 13. The van der Waals surface area contributed by atoms with Crippen molar-refractivity contribution in [3.63, 3.8) is 0 Å². The maximum atomic E-state index is 9.91. The van der Waals surface area contributed by atoms with Crippen LogP contribution >= 0.6 is 0 Å². The van der Waals surface area contributed by atoms with Crippen molar-refractivity contribution in [2.75, 3.05) is 6.61 Å². The van der Waals surface area contributed by atoms with Gasteiger partial charge in [-0.15, -0.1) is 0 Å². The second-order valence-electron chi connectivity index (χ2n) is 13.7. The minimum atomic E-state index is -3.19. The molecule has 1 aliphatic rings. The van der Waals surface area contributed by atoms with E-state index < -0.39 is 28.1 Å². The summed E-state index contributed by atoms with van der Waals surface area (Å²) in [5.41, 5.74) is -1.10. The molecule has 1 saturated heterocycles. The van der Waals surface area contributed by atoms with E-state index in [1.165, 1.54) is 0 Å². The topological polar surface area (TPSA) is 57.2 Å². The Kier molecular flexibility index (Phi) is 10.7. The first-order valence-electron chi connectivity index (χ1n) is 15.0. The van der Waals surface area contributed by atoms with Crippen molar-refractivity contribution in [2.45, 2.75) is 129 Å². The summed E-state index contributed by atoms with van der Waals surface area (Å²) in [5, 5.41) is 12.2. The number of aliphatic hydroxyl groups is 1. The van der Waals surface area contributed by atoms with E-state index in [4.69, 9.17) is 18.0 Å². The van der Waals surface area contributed by atoms with Gasteiger partial charge in [-0.05, 0) is 88.8 Å². The van der Waals surface area contributed by atoms with Crippen LogP contribution in [0, 0.1) is 0 Å². The molecule has 2 aromatic rings. The first-order valence-corrected chi connectivity index (χ1v) is 19.8. The summed E-state index contributed by atoms with van der Waals surface area (Å²) in [4.78, 5) is 0. The Morgan fingerprint density at radius 3 is 1.90 bits per heavy atom. The van der Waals surface area contributed by atoms with Crippen LogP contribution in [0.15, 0.2) is 60.7 Å². The molecule has 4 atom stereocenters.